The van der Waals surface area contributed by atoms with E-state index in [-0.39, 0.29) is 6.04 Å². The molecule has 1 unspecified atom stereocenters. The maximum absolute atomic E-state index is 5.70. The minimum Gasteiger partial charge on any atom is -0.497 e. The van der Waals surface area contributed by atoms with Crippen LogP contribution >= 0.6 is 0 Å². The number of aryl methyl sites for hydroxylation is 1. The van der Waals surface area contributed by atoms with Crippen LogP contribution in [-0.4, -0.2) is 23.3 Å². The maximum atomic E-state index is 5.70. The summed E-state index contributed by atoms with van der Waals surface area (Å²) in [5.41, 5.74) is 6.80. The molecule has 0 saturated heterocycles. The average molecular weight is 261 g/mol. The normalized spacial score (nSPS) is 12.4. The van der Waals surface area contributed by atoms with Crippen molar-refractivity contribution >= 4 is 0 Å². The van der Waals surface area contributed by atoms with Crippen molar-refractivity contribution in [2.45, 2.75) is 32.2 Å². The van der Waals surface area contributed by atoms with E-state index in [2.05, 4.69) is 10.1 Å². The zero-order valence-corrected chi connectivity index (χ0v) is 11.3. The largest absolute Gasteiger partial charge is 0.497 e. The second kappa shape index (κ2) is 6.33. The third kappa shape index (κ3) is 4.06. The van der Waals surface area contributed by atoms with Gasteiger partial charge in [0.1, 0.15) is 5.75 Å². The van der Waals surface area contributed by atoms with Crippen molar-refractivity contribution in [2.24, 2.45) is 5.73 Å². The first-order valence-corrected chi connectivity index (χ1v) is 6.37. The van der Waals surface area contributed by atoms with Crippen molar-refractivity contribution in [3.63, 3.8) is 0 Å². The van der Waals surface area contributed by atoms with Gasteiger partial charge in [0.05, 0.1) is 7.11 Å². The van der Waals surface area contributed by atoms with Crippen molar-refractivity contribution in [3.8, 4) is 5.75 Å². The first kappa shape index (κ1) is 13.5. The van der Waals surface area contributed by atoms with Crippen LogP contribution in [0.3, 0.4) is 0 Å². The third-order valence-corrected chi connectivity index (χ3v) is 2.82. The van der Waals surface area contributed by atoms with Crippen LogP contribution in [0.2, 0.25) is 0 Å². The number of rotatable bonds is 6. The topological polar surface area (TPSA) is 74.2 Å². The van der Waals surface area contributed by atoms with Gasteiger partial charge in [-0.1, -0.05) is 17.3 Å². The van der Waals surface area contributed by atoms with Gasteiger partial charge in [0.2, 0.25) is 5.89 Å². The molecule has 2 N–H and O–H groups in total. The standard InChI is InChI=1S/C14H19N3O2/c1-10(15)6-7-14-16-13(17-19-14)9-11-4-3-5-12(8-11)18-2/h3-5,8,10H,6-7,9,15H2,1-2H3. The van der Waals surface area contributed by atoms with Gasteiger partial charge in [-0.25, -0.2) is 0 Å². The highest BCUT2D eigenvalue weighted by Gasteiger charge is 2.08. The molecule has 2 rings (SSSR count). The molecule has 102 valence electrons. The van der Waals surface area contributed by atoms with Gasteiger partial charge < -0.3 is 15.0 Å². The van der Waals surface area contributed by atoms with Crippen molar-refractivity contribution in [2.75, 3.05) is 7.11 Å². The van der Waals surface area contributed by atoms with E-state index in [4.69, 9.17) is 15.0 Å². The van der Waals surface area contributed by atoms with Crippen LogP contribution in [0.5, 0.6) is 5.75 Å². The summed E-state index contributed by atoms with van der Waals surface area (Å²) >= 11 is 0. The molecule has 0 fully saturated rings. The van der Waals surface area contributed by atoms with E-state index in [1.165, 1.54) is 0 Å². The molecule has 1 aromatic heterocycles. The molecule has 0 bridgehead atoms. The highest BCUT2D eigenvalue weighted by Crippen LogP contribution is 2.15. The molecule has 0 spiro atoms. The van der Waals surface area contributed by atoms with Gasteiger partial charge >= 0.3 is 0 Å². The summed E-state index contributed by atoms with van der Waals surface area (Å²) in [5, 5.41) is 3.98. The molecule has 0 saturated carbocycles. The van der Waals surface area contributed by atoms with Crippen LogP contribution < -0.4 is 10.5 Å². The van der Waals surface area contributed by atoms with E-state index >= 15 is 0 Å². The molecule has 0 radical (unpaired) electrons. The smallest absolute Gasteiger partial charge is 0.226 e. The number of ether oxygens (including phenoxy) is 1. The van der Waals surface area contributed by atoms with Crippen molar-refractivity contribution in [1.82, 2.24) is 10.1 Å². The van der Waals surface area contributed by atoms with Gasteiger partial charge in [0.15, 0.2) is 5.82 Å². The molecule has 1 atom stereocenters. The second-order valence-corrected chi connectivity index (χ2v) is 4.65. The van der Waals surface area contributed by atoms with Crippen LogP contribution in [0.15, 0.2) is 28.8 Å². The summed E-state index contributed by atoms with van der Waals surface area (Å²) in [7, 11) is 1.65. The Hall–Kier alpha value is -1.88. The van der Waals surface area contributed by atoms with Gasteiger partial charge in [0.25, 0.3) is 0 Å². The summed E-state index contributed by atoms with van der Waals surface area (Å²) < 4.78 is 10.4. The lowest BCUT2D eigenvalue weighted by Gasteiger charge is -2.01. The summed E-state index contributed by atoms with van der Waals surface area (Å²) in [4.78, 5) is 4.36. The predicted molar refractivity (Wildman–Crippen MR) is 72.1 cm³/mol. The summed E-state index contributed by atoms with van der Waals surface area (Å²) in [6.45, 7) is 1.97. The van der Waals surface area contributed by atoms with Gasteiger partial charge in [-0.05, 0) is 31.0 Å². The van der Waals surface area contributed by atoms with Crippen molar-refractivity contribution < 1.29 is 9.26 Å². The molecule has 1 aromatic carbocycles. The van der Waals surface area contributed by atoms with Crippen LogP contribution in [0.1, 0.15) is 30.6 Å². The van der Waals surface area contributed by atoms with Crippen LogP contribution in [0, 0.1) is 0 Å². The zero-order chi connectivity index (χ0) is 13.7. The van der Waals surface area contributed by atoms with Gasteiger partial charge in [-0.2, -0.15) is 4.98 Å². The minimum absolute atomic E-state index is 0.147. The number of aromatic nitrogens is 2. The van der Waals surface area contributed by atoms with E-state index in [1.54, 1.807) is 7.11 Å². The fourth-order valence-electron chi connectivity index (χ4n) is 1.78. The monoisotopic (exact) mass is 261 g/mol. The second-order valence-electron chi connectivity index (χ2n) is 4.65. The number of methoxy groups -OCH3 is 1. The Kier molecular flexibility index (Phi) is 4.52. The maximum Gasteiger partial charge on any atom is 0.226 e. The quantitative estimate of drug-likeness (QED) is 0.860. The Balaban J connectivity index is 1.99. The summed E-state index contributed by atoms with van der Waals surface area (Å²) in [5.74, 6) is 2.17. The van der Waals surface area contributed by atoms with E-state index in [9.17, 15) is 0 Å². The number of hydrogen-bond acceptors (Lipinski definition) is 5. The average Bonchev–Trinajstić information content (AvgIpc) is 2.84. The highest BCUT2D eigenvalue weighted by molar-refractivity contribution is 5.30. The van der Waals surface area contributed by atoms with Crippen LogP contribution in [0.4, 0.5) is 0 Å². The first-order valence-electron chi connectivity index (χ1n) is 6.37. The lowest BCUT2D eigenvalue weighted by molar-refractivity contribution is 0.368. The van der Waals surface area contributed by atoms with E-state index in [0.717, 1.165) is 24.2 Å². The minimum atomic E-state index is 0.147. The van der Waals surface area contributed by atoms with Crippen molar-refractivity contribution in [1.29, 1.82) is 0 Å². The van der Waals surface area contributed by atoms with Crippen LogP contribution in [-0.2, 0) is 12.8 Å². The fraction of sp³-hybridized carbons (Fsp3) is 0.429. The summed E-state index contributed by atoms with van der Waals surface area (Å²) in [6, 6.07) is 7.99. The molecule has 5 nitrogen and oxygen atoms in total. The summed E-state index contributed by atoms with van der Waals surface area (Å²) in [6.07, 6.45) is 2.21. The van der Waals surface area contributed by atoms with Gasteiger partial charge in [0, 0.05) is 18.9 Å². The Morgan fingerprint density at radius 1 is 1.42 bits per heavy atom. The molecule has 0 aliphatic rings. The molecule has 0 aliphatic heterocycles. The van der Waals surface area contributed by atoms with E-state index in [1.807, 2.05) is 31.2 Å². The fourth-order valence-corrected chi connectivity index (χ4v) is 1.78. The Morgan fingerprint density at radius 3 is 3.00 bits per heavy atom. The lowest BCUT2D eigenvalue weighted by Crippen LogP contribution is -2.15. The SMILES string of the molecule is COc1cccc(Cc2noc(CCC(C)N)n2)c1. The zero-order valence-electron chi connectivity index (χ0n) is 11.3. The molecular formula is C14H19N3O2. The Morgan fingerprint density at radius 2 is 2.26 bits per heavy atom. The van der Waals surface area contributed by atoms with Crippen molar-refractivity contribution in [3.05, 3.63) is 41.5 Å². The number of hydrogen-bond donors (Lipinski definition) is 1. The molecule has 5 heteroatoms. The van der Waals surface area contributed by atoms with E-state index in [0.29, 0.717) is 18.1 Å². The molecule has 2 aromatic rings. The Labute approximate surface area is 112 Å². The predicted octanol–water partition coefficient (Wildman–Crippen LogP) is 1.95. The molecule has 19 heavy (non-hydrogen) atoms. The molecule has 0 aliphatic carbocycles. The number of benzene rings is 1. The lowest BCUT2D eigenvalue weighted by atomic mass is 10.1. The molecule has 0 amide bonds. The Bertz CT molecular complexity index is 523. The third-order valence-electron chi connectivity index (χ3n) is 2.82. The molecule has 1 heterocycles. The van der Waals surface area contributed by atoms with Gasteiger partial charge in [-0.15, -0.1) is 0 Å². The van der Waals surface area contributed by atoms with Crippen LogP contribution in [0.25, 0.3) is 0 Å². The highest BCUT2D eigenvalue weighted by atomic mass is 16.5. The first-order chi connectivity index (χ1) is 9.17. The van der Waals surface area contributed by atoms with Gasteiger partial charge in [-0.3, -0.25) is 0 Å². The molecular weight excluding hydrogens is 242 g/mol. The van der Waals surface area contributed by atoms with E-state index < -0.39 is 0 Å². The number of nitrogens with two attached hydrogens (primary N) is 1. The number of nitrogens with zero attached hydrogens (tertiary/aromatic N) is 2.